The van der Waals surface area contributed by atoms with Crippen LogP contribution in [-0.2, 0) is 21.3 Å². The van der Waals surface area contributed by atoms with Crippen molar-refractivity contribution in [2.45, 2.75) is 24.8 Å². The van der Waals surface area contributed by atoms with E-state index in [1.165, 1.54) is 47.0 Å². The number of carbonyl (C=O) groups is 1. The van der Waals surface area contributed by atoms with Crippen LogP contribution in [0, 0.1) is 0 Å². The predicted molar refractivity (Wildman–Crippen MR) is 92.8 cm³/mol. The Hall–Kier alpha value is -1.48. The number of sulfonamides is 1. The van der Waals surface area contributed by atoms with E-state index in [1.807, 2.05) is 6.92 Å². The minimum atomic E-state index is -3.67. The van der Waals surface area contributed by atoms with Gasteiger partial charge in [-0.1, -0.05) is 18.5 Å². The monoisotopic (exact) mass is 388 g/mol. The maximum absolute atomic E-state index is 12.8. The van der Waals surface area contributed by atoms with Gasteiger partial charge in [0.1, 0.15) is 5.01 Å². The molecule has 2 aromatic rings. The fraction of sp³-hybridized carbons (Fsp3) is 0.333. The van der Waals surface area contributed by atoms with Crippen molar-refractivity contribution in [2.24, 2.45) is 0 Å². The van der Waals surface area contributed by atoms with E-state index in [-0.39, 0.29) is 17.1 Å². The Morgan fingerprint density at radius 3 is 2.58 bits per heavy atom. The Balaban J connectivity index is 2.26. The van der Waals surface area contributed by atoms with Gasteiger partial charge in [-0.15, -0.1) is 11.3 Å². The van der Waals surface area contributed by atoms with E-state index >= 15 is 0 Å². The van der Waals surface area contributed by atoms with Crippen molar-refractivity contribution in [3.05, 3.63) is 45.4 Å². The molecule has 0 N–H and O–H groups in total. The van der Waals surface area contributed by atoms with E-state index < -0.39 is 16.0 Å². The normalized spacial score (nSPS) is 11.7. The molecular formula is C15H17ClN2O4S2. The summed E-state index contributed by atoms with van der Waals surface area (Å²) >= 11 is 7.04. The molecule has 130 valence electrons. The van der Waals surface area contributed by atoms with Crippen LogP contribution in [0.25, 0.3) is 0 Å². The fourth-order valence-electron chi connectivity index (χ4n) is 2.02. The minimum absolute atomic E-state index is 0.0977. The van der Waals surface area contributed by atoms with E-state index in [0.29, 0.717) is 23.0 Å². The van der Waals surface area contributed by atoms with Gasteiger partial charge >= 0.3 is 5.97 Å². The van der Waals surface area contributed by atoms with Gasteiger partial charge in [-0.2, -0.15) is 4.31 Å². The average molecular weight is 389 g/mol. The van der Waals surface area contributed by atoms with Crippen LogP contribution in [0.4, 0.5) is 0 Å². The molecule has 0 saturated carbocycles. The lowest BCUT2D eigenvalue weighted by molar-refractivity contribution is 0.0594. The van der Waals surface area contributed by atoms with Crippen molar-refractivity contribution >= 4 is 38.9 Å². The molecule has 1 aromatic heterocycles. The number of benzene rings is 1. The highest BCUT2D eigenvalue weighted by Gasteiger charge is 2.25. The first kappa shape index (κ1) is 18.9. The summed E-state index contributed by atoms with van der Waals surface area (Å²) in [6.45, 7) is 2.34. The quantitative estimate of drug-likeness (QED) is 0.681. The highest BCUT2D eigenvalue weighted by Crippen LogP contribution is 2.22. The molecule has 0 bridgehead atoms. The second-order valence-electron chi connectivity index (χ2n) is 4.91. The number of halogens is 1. The molecular weight excluding hydrogens is 372 g/mol. The first-order chi connectivity index (χ1) is 11.4. The molecule has 0 amide bonds. The van der Waals surface area contributed by atoms with Crippen LogP contribution in [0.3, 0.4) is 0 Å². The summed E-state index contributed by atoms with van der Waals surface area (Å²) in [5, 5.41) is 2.56. The molecule has 0 aliphatic carbocycles. The number of rotatable bonds is 7. The SMILES string of the molecule is CCCN(Cc1nc(C(=O)OC)cs1)S(=O)(=O)c1ccc(Cl)cc1. The lowest BCUT2D eigenvalue weighted by atomic mass is 10.4. The standard InChI is InChI=1S/C15H17ClN2O4S2/c1-3-8-18(9-14-17-13(10-23-14)15(19)22-2)24(20,21)12-6-4-11(16)5-7-12/h4-7,10H,3,8-9H2,1-2H3. The third kappa shape index (κ3) is 4.32. The van der Waals surface area contributed by atoms with Gasteiger partial charge in [-0.3, -0.25) is 0 Å². The van der Waals surface area contributed by atoms with Crippen molar-refractivity contribution < 1.29 is 17.9 Å². The number of ether oxygens (including phenoxy) is 1. The molecule has 0 spiro atoms. The lowest BCUT2D eigenvalue weighted by Crippen LogP contribution is -2.31. The molecule has 6 nitrogen and oxygen atoms in total. The van der Waals surface area contributed by atoms with Gasteiger partial charge in [0.05, 0.1) is 18.6 Å². The largest absolute Gasteiger partial charge is 0.464 e. The third-order valence-electron chi connectivity index (χ3n) is 3.18. The minimum Gasteiger partial charge on any atom is -0.464 e. The molecule has 24 heavy (non-hydrogen) atoms. The number of methoxy groups -OCH3 is 1. The molecule has 0 atom stereocenters. The summed E-state index contributed by atoms with van der Waals surface area (Å²) < 4.78 is 31.6. The number of nitrogens with zero attached hydrogens (tertiary/aromatic N) is 2. The van der Waals surface area contributed by atoms with Gasteiger partial charge in [-0.25, -0.2) is 18.2 Å². The van der Waals surface area contributed by atoms with Gasteiger partial charge in [0.25, 0.3) is 0 Å². The number of carbonyl (C=O) groups excluding carboxylic acids is 1. The van der Waals surface area contributed by atoms with E-state index in [4.69, 9.17) is 11.6 Å². The molecule has 0 saturated heterocycles. The summed E-state index contributed by atoms with van der Waals surface area (Å²) in [6.07, 6.45) is 0.655. The Labute approximate surface area is 150 Å². The van der Waals surface area contributed by atoms with Gasteiger partial charge in [-0.05, 0) is 30.7 Å². The average Bonchev–Trinajstić information content (AvgIpc) is 3.03. The number of thiazole rings is 1. The van der Waals surface area contributed by atoms with E-state index in [2.05, 4.69) is 9.72 Å². The van der Waals surface area contributed by atoms with Crippen LogP contribution in [0.1, 0.15) is 28.8 Å². The van der Waals surface area contributed by atoms with Crippen LogP contribution >= 0.6 is 22.9 Å². The van der Waals surface area contributed by atoms with Crippen LogP contribution in [-0.4, -0.2) is 37.3 Å². The zero-order chi connectivity index (χ0) is 17.7. The second-order valence-corrected chi connectivity index (χ2v) is 8.23. The van der Waals surface area contributed by atoms with Gasteiger partial charge < -0.3 is 4.74 Å². The number of hydrogen-bond acceptors (Lipinski definition) is 6. The molecule has 1 heterocycles. The van der Waals surface area contributed by atoms with Gasteiger partial charge in [0.15, 0.2) is 5.69 Å². The van der Waals surface area contributed by atoms with Crippen LogP contribution in [0.15, 0.2) is 34.5 Å². The highest BCUT2D eigenvalue weighted by molar-refractivity contribution is 7.89. The Kier molecular flexibility index (Phi) is 6.34. The molecule has 9 heteroatoms. The summed E-state index contributed by atoms with van der Waals surface area (Å²) in [6, 6.07) is 6.03. The van der Waals surface area contributed by atoms with Crippen molar-refractivity contribution in [1.82, 2.24) is 9.29 Å². The number of esters is 1. The molecule has 1 aromatic carbocycles. The Morgan fingerprint density at radius 1 is 1.33 bits per heavy atom. The van der Waals surface area contributed by atoms with Crippen molar-refractivity contribution in [1.29, 1.82) is 0 Å². The van der Waals surface area contributed by atoms with Crippen LogP contribution in [0.2, 0.25) is 5.02 Å². The van der Waals surface area contributed by atoms with Gasteiger partial charge in [0.2, 0.25) is 10.0 Å². The fourth-order valence-corrected chi connectivity index (χ4v) is 4.50. The topological polar surface area (TPSA) is 76.6 Å². The zero-order valence-corrected chi connectivity index (χ0v) is 15.6. The van der Waals surface area contributed by atoms with E-state index in [1.54, 1.807) is 5.38 Å². The molecule has 0 unspecified atom stereocenters. The molecule has 0 aliphatic rings. The van der Waals surface area contributed by atoms with Crippen molar-refractivity contribution in [3.8, 4) is 0 Å². The first-order valence-corrected chi connectivity index (χ1v) is 9.86. The number of aromatic nitrogens is 1. The summed E-state index contributed by atoms with van der Waals surface area (Å²) in [5.74, 6) is -0.542. The maximum atomic E-state index is 12.8. The first-order valence-electron chi connectivity index (χ1n) is 7.17. The molecule has 2 rings (SSSR count). The van der Waals surface area contributed by atoms with E-state index in [0.717, 1.165) is 0 Å². The second kappa shape index (κ2) is 8.06. The predicted octanol–water partition coefficient (Wildman–Crippen LogP) is 3.18. The van der Waals surface area contributed by atoms with E-state index in [9.17, 15) is 13.2 Å². The molecule has 0 fully saturated rings. The lowest BCUT2D eigenvalue weighted by Gasteiger charge is -2.20. The summed E-state index contributed by atoms with van der Waals surface area (Å²) in [4.78, 5) is 15.8. The highest BCUT2D eigenvalue weighted by atomic mass is 35.5. The zero-order valence-electron chi connectivity index (χ0n) is 13.2. The molecule has 0 radical (unpaired) electrons. The summed E-state index contributed by atoms with van der Waals surface area (Å²) in [5.41, 5.74) is 0.179. The van der Waals surface area contributed by atoms with Crippen LogP contribution < -0.4 is 0 Å². The summed E-state index contributed by atoms with van der Waals surface area (Å²) in [7, 11) is -2.40. The van der Waals surface area contributed by atoms with Crippen LogP contribution in [0.5, 0.6) is 0 Å². The smallest absolute Gasteiger partial charge is 0.357 e. The molecule has 0 aliphatic heterocycles. The maximum Gasteiger partial charge on any atom is 0.357 e. The Morgan fingerprint density at radius 2 is 2.00 bits per heavy atom. The van der Waals surface area contributed by atoms with Crippen molar-refractivity contribution in [2.75, 3.05) is 13.7 Å². The number of hydrogen-bond donors (Lipinski definition) is 0. The Bertz CT molecular complexity index is 803. The van der Waals surface area contributed by atoms with Gasteiger partial charge in [0, 0.05) is 16.9 Å². The van der Waals surface area contributed by atoms with Crippen molar-refractivity contribution in [3.63, 3.8) is 0 Å². The third-order valence-corrected chi connectivity index (χ3v) is 6.13.